The Bertz CT molecular complexity index is 1400. The van der Waals surface area contributed by atoms with E-state index < -0.39 is 15.7 Å². The second-order valence-corrected chi connectivity index (χ2v) is 10.8. The van der Waals surface area contributed by atoms with Gasteiger partial charge in [-0.05, 0) is 48.4 Å². The van der Waals surface area contributed by atoms with E-state index in [0.29, 0.717) is 36.0 Å². The second kappa shape index (κ2) is 10.2. The van der Waals surface area contributed by atoms with E-state index in [0.717, 1.165) is 34.4 Å². The molecule has 2 heterocycles. The van der Waals surface area contributed by atoms with E-state index in [9.17, 15) is 13.2 Å². The summed E-state index contributed by atoms with van der Waals surface area (Å²) < 4.78 is 39.3. The normalized spacial score (nSPS) is 16.8. The zero-order valence-electron chi connectivity index (χ0n) is 18.8. The van der Waals surface area contributed by atoms with Crippen molar-refractivity contribution in [1.82, 2.24) is 4.90 Å². The predicted octanol–water partition coefficient (Wildman–Crippen LogP) is 4.12. The first-order valence-electron chi connectivity index (χ1n) is 10.4. The topological polar surface area (TPSA) is 121 Å². The van der Waals surface area contributed by atoms with Crippen molar-refractivity contribution in [2.75, 3.05) is 19.5 Å². The van der Waals surface area contributed by atoms with Gasteiger partial charge < -0.3 is 9.47 Å². The van der Waals surface area contributed by atoms with Crippen LogP contribution in [0.25, 0.3) is 6.08 Å². The maximum absolute atomic E-state index is 12.5. The average molecular weight is 533 g/mol. The number of aryl methyl sites for hydroxylation is 1. The Morgan fingerprint density at radius 1 is 1.17 bits per heavy atom. The first-order valence-corrected chi connectivity index (χ1v) is 13.5. The van der Waals surface area contributed by atoms with Gasteiger partial charge in [-0.25, -0.2) is 13.3 Å². The van der Waals surface area contributed by atoms with Crippen molar-refractivity contribution in [1.29, 1.82) is 5.41 Å². The monoisotopic (exact) mass is 532 g/mol. The summed E-state index contributed by atoms with van der Waals surface area (Å²) >= 11 is 7.10. The molecule has 182 valence electrons. The van der Waals surface area contributed by atoms with Crippen molar-refractivity contribution in [2.45, 2.75) is 13.3 Å². The van der Waals surface area contributed by atoms with Crippen LogP contribution in [0.3, 0.4) is 0 Å². The van der Waals surface area contributed by atoms with Gasteiger partial charge in [-0.15, -0.1) is 0 Å². The lowest BCUT2D eigenvalue weighted by molar-refractivity contribution is -0.114. The molecule has 0 radical (unpaired) electrons. The molecule has 0 aromatic heterocycles. The quantitative estimate of drug-likeness (QED) is 0.323. The Balaban J connectivity index is 1.40. The minimum Gasteiger partial charge on any atom is -0.493 e. The van der Waals surface area contributed by atoms with E-state index in [1.165, 1.54) is 6.08 Å². The van der Waals surface area contributed by atoms with E-state index in [1.54, 1.807) is 18.2 Å². The molecule has 0 fully saturated rings. The van der Waals surface area contributed by atoms with Gasteiger partial charge in [0.05, 0.1) is 35.8 Å². The summed E-state index contributed by atoms with van der Waals surface area (Å²) in [5.74, 6) is 0.294. The van der Waals surface area contributed by atoms with Crippen LogP contribution in [-0.2, 0) is 14.6 Å². The van der Waals surface area contributed by atoms with Gasteiger partial charge in [0.25, 0.3) is 5.91 Å². The highest BCUT2D eigenvalue weighted by atomic mass is 35.5. The number of amides is 1. The fraction of sp³-hybridized carbons (Fsp3) is 0.217. The van der Waals surface area contributed by atoms with Gasteiger partial charge in [0.2, 0.25) is 20.2 Å². The lowest BCUT2D eigenvalue weighted by atomic mass is 10.1. The molecular weight excluding hydrogens is 512 g/mol. The number of amidine groups is 3. The van der Waals surface area contributed by atoms with Crippen molar-refractivity contribution >= 4 is 61.5 Å². The van der Waals surface area contributed by atoms with Crippen LogP contribution in [0.2, 0.25) is 5.02 Å². The number of aliphatic imine (C=N–C) groups is 1. The van der Waals surface area contributed by atoms with E-state index in [4.69, 9.17) is 26.5 Å². The van der Waals surface area contributed by atoms with E-state index in [-0.39, 0.29) is 21.7 Å². The number of carbonyl (C=O) groups excluding carboxylic acids is 1. The predicted molar refractivity (Wildman–Crippen MR) is 138 cm³/mol. The molecule has 12 heteroatoms. The molecule has 0 saturated carbocycles. The third-order valence-corrected chi connectivity index (χ3v) is 6.95. The molecule has 35 heavy (non-hydrogen) atoms. The molecule has 1 amide bonds. The van der Waals surface area contributed by atoms with Gasteiger partial charge in [-0.3, -0.25) is 10.2 Å². The van der Waals surface area contributed by atoms with Crippen molar-refractivity contribution < 1.29 is 22.7 Å². The number of rotatable bonds is 7. The molecule has 2 aliphatic rings. The molecule has 2 aromatic carbocycles. The van der Waals surface area contributed by atoms with Crippen LogP contribution in [-0.4, -0.2) is 54.9 Å². The number of hydrogen-bond donors (Lipinski definition) is 1. The summed E-state index contributed by atoms with van der Waals surface area (Å²) in [5.41, 5.74) is 1.58. The highest BCUT2D eigenvalue weighted by Crippen LogP contribution is 2.31. The second-order valence-electron chi connectivity index (χ2n) is 7.74. The van der Waals surface area contributed by atoms with Crippen molar-refractivity contribution in [3.63, 3.8) is 0 Å². The number of nitrogens with zero attached hydrogens (tertiary/aromatic N) is 3. The number of benzene rings is 2. The van der Waals surface area contributed by atoms with Crippen LogP contribution in [0.1, 0.15) is 17.5 Å². The zero-order chi connectivity index (χ0) is 25.2. The summed E-state index contributed by atoms with van der Waals surface area (Å²) in [5, 5.41) is 8.42. The number of halogens is 1. The molecule has 2 aliphatic heterocycles. The summed E-state index contributed by atoms with van der Waals surface area (Å²) in [7, 11) is -3.71. The molecular formula is C23H21ClN4O5S2. The summed E-state index contributed by atoms with van der Waals surface area (Å²) in [6, 6.07) is 12.7. The highest BCUT2D eigenvalue weighted by molar-refractivity contribution is 8.16. The number of nitrogens with one attached hydrogen (secondary N) is 1. The van der Waals surface area contributed by atoms with Crippen LogP contribution >= 0.6 is 23.5 Å². The largest absolute Gasteiger partial charge is 0.493 e. The summed E-state index contributed by atoms with van der Waals surface area (Å²) in [4.78, 5) is 17.4. The molecule has 2 aromatic rings. The molecule has 0 saturated heterocycles. The fourth-order valence-corrected chi connectivity index (χ4v) is 5.35. The first kappa shape index (κ1) is 25.0. The smallest absolute Gasteiger partial charge is 0.283 e. The van der Waals surface area contributed by atoms with E-state index in [2.05, 4.69) is 9.39 Å². The Morgan fingerprint density at radius 3 is 2.66 bits per heavy atom. The number of sulfone groups is 1. The van der Waals surface area contributed by atoms with E-state index in [1.807, 2.05) is 31.2 Å². The van der Waals surface area contributed by atoms with Crippen LogP contribution < -0.4 is 9.47 Å². The van der Waals surface area contributed by atoms with Crippen LogP contribution in [0, 0.1) is 12.3 Å². The third-order valence-electron chi connectivity index (χ3n) is 4.90. The Hall–Kier alpha value is -3.15. The first-order chi connectivity index (χ1) is 16.6. The third kappa shape index (κ3) is 5.75. The number of ether oxygens (including phenoxy) is 2. The molecule has 4 rings (SSSR count). The lowest BCUT2D eigenvalue weighted by Crippen LogP contribution is -2.45. The SMILES string of the molecule is Cc1cccc(OCCCOc2ccc(/C=C3/C(=N)N4C(=NC3=O)SN=C4S(C)(=O)=O)cc2Cl)c1. The Morgan fingerprint density at radius 2 is 1.94 bits per heavy atom. The van der Waals surface area contributed by atoms with Gasteiger partial charge in [0.15, 0.2) is 0 Å². The minimum atomic E-state index is -3.71. The fourth-order valence-electron chi connectivity index (χ4n) is 3.26. The van der Waals surface area contributed by atoms with Crippen molar-refractivity contribution in [3.8, 4) is 11.5 Å². The van der Waals surface area contributed by atoms with Crippen LogP contribution in [0.15, 0.2) is 57.4 Å². The number of carbonyl (C=O) groups is 1. The molecule has 0 unspecified atom stereocenters. The number of fused-ring (bicyclic) bond motifs is 1. The Kier molecular flexibility index (Phi) is 7.29. The maximum Gasteiger partial charge on any atom is 0.283 e. The van der Waals surface area contributed by atoms with E-state index >= 15 is 0 Å². The Labute approximate surface area is 212 Å². The van der Waals surface area contributed by atoms with Crippen LogP contribution in [0.4, 0.5) is 0 Å². The van der Waals surface area contributed by atoms with Crippen molar-refractivity contribution in [2.24, 2.45) is 9.39 Å². The number of hydrogen-bond acceptors (Lipinski definition) is 8. The molecule has 9 nitrogen and oxygen atoms in total. The molecule has 1 N–H and O–H groups in total. The minimum absolute atomic E-state index is 0.0331. The zero-order valence-corrected chi connectivity index (χ0v) is 21.2. The molecule has 0 aliphatic carbocycles. The van der Waals surface area contributed by atoms with Gasteiger partial charge >= 0.3 is 0 Å². The van der Waals surface area contributed by atoms with Gasteiger partial charge in [-0.1, -0.05) is 29.8 Å². The lowest BCUT2D eigenvalue weighted by Gasteiger charge is -2.23. The van der Waals surface area contributed by atoms with Crippen molar-refractivity contribution in [3.05, 3.63) is 64.2 Å². The summed E-state index contributed by atoms with van der Waals surface area (Å²) in [6.45, 7) is 2.89. The van der Waals surface area contributed by atoms with Gasteiger partial charge in [-0.2, -0.15) is 9.39 Å². The highest BCUT2D eigenvalue weighted by Gasteiger charge is 2.41. The molecule has 0 bridgehead atoms. The standard InChI is InChI=1S/C23H21ClN4O5S2/c1-14-5-3-6-16(11-14)32-9-4-10-33-19-8-7-15(13-18(19)24)12-17-20(25)28-22(26-21(17)29)34-27-23(28)35(2,30)31/h3,5-8,11-13,25H,4,9-10H2,1-2H3/b17-12-,25-20?. The molecule has 0 spiro atoms. The maximum atomic E-state index is 12.5. The van der Waals surface area contributed by atoms with Gasteiger partial charge in [0.1, 0.15) is 17.3 Å². The van der Waals surface area contributed by atoms with Gasteiger partial charge in [0, 0.05) is 12.7 Å². The molecule has 0 atom stereocenters. The van der Waals surface area contributed by atoms with Crippen LogP contribution in [0.5, 0.6) is 11.5 Å². The summed E-state index contributed by atoms with van der Waals surface area (Å²) in [6.07, 6.45) is 3.06. The average Bonchev–Trinajstić information content (AvgIpc) is 3.22.